The summed E-state index contributed by atoms with van der Waals surface area (Å²) in [6, 6.07) is 25.1. The Labute approximate surface area is 356 Å². The molecule has 5 aromatic carbocycles. The number of hydrogen-bond acceptors (Lipinski definition) is 11. The number of ether oxygens (including phenoxy) is 3. The Morgan fingerprint density at radius 3 is 1.73 bits per heavy atom. The van der Waals surface area contributed by atoms with Gasteiger partial charge in [-0.1, -0.05) is 6.07 Å². The largest absolute Gasteiger partial charge is 0.504 e. The number of carbonyl (C=O) groups is 5. The van der Waals surface area contributed by atoms with Gasteiger partial charge in [0.1, 0.15) is 5.75 Å². The van der Waals surface area contributed by atoms with Crippen molar-refractivity contribution in [1.29, 1.82) is 0 Å². The molecule has 0 saturated carbocycles. The fourth-order valence-electron chi connectivity index (χ4n) is 5.82. The number of non-ortho nitro benzene ring substituents is 1. The van der Waals surface area contributed by atoms with E-state index in [-0.39, 0.29) is 52.0 Å². The molecule has 17 heteroatoms. The molecule has 5 rings (SSSR count). The van der Waals surface area contributed by atoms with E-state index < -0.39 is 52.4 Å². The first-order chi connectivity index (χ1) is 29.5. The summed E-state index contributed by atoms with van der Waals surface area (Å²) in [5.74, 6) is -2.88. The third-order valence-electron chi connectivity index (χ3n) is 8.91. The highest BCUT2D eigenvalue weighted by Gasteiger charge is 2.24. The van der Waals surface area contributed by atoms with Crippen molar-refractivity contribution in [2.45, 2.75) is 52.9 Å². The number of amides is 5. The molecule has 0 spiro atoms. The molecule has 1 atom stereocenters. The average molecular weight is 847 g/mol. The van der Waals surface area contributed by atoms with Crippen molar-refractivity contribution in [2.24, 2.45) is 0 Å². The van der Waals surface area contributed by atoms with Crippen LogP contribution in [-0.4, -0.2) is 71.5 Å². The zero-order valence-corrected chi connectivity index (χ0v) is 34.7. The Balaban J connectivity index is 1.16. The number of nitrogens with zero attached hydrogens (tertiary/aromatic N) is 1. The van der Waals surface area contributed by atoms with Gasteiger partial charge in [0.25, 0.3) is 35.2 Å². The molecule has 17 nitrogen and oxygen atoms in total. The number of methoxy groups -OCH3 is 1. The summed E-state index contributed by atoms with van der Waals surface area (Å²) < 4.78 is 17.0. The number of carbonyl (C=O) groups excluding carboxylic acids is 5. The fourth-order valence-corrected chi connectivity index (χ4v) is 5.82. The number of nitrogens with one attached hydrogen (secondary N) is 5. The van der Waals surface area contributed by atoms with Crippen LogP contribution in [0.4, 0.5) is 28.4 Å². The molecule has 0 bridgehead atoms. The van der Waals surface area contributed by atoms with E-state index in [9.17, 15) is 39.2 Å². The first-order valence-corrected chi connectivity index (χ1v) is 19.3. The Morgan fingerprint density at radius 1 is 0.645 bits per heavy atom. The summed E-state index contributed by atoms with van der Waals surface area (Å²) in [4.78, 5) is 75.5. The molecule has 0 heterocycles. The Kier molecular flexibility index (Phi) is 14.9. The fraction of sp³-hybridized carbons (Fsp3) is 0.222. The predicted octanol–water partition coefficient (Wildman–Crippen LogP) is 7.32. The molecule has 0 aromatic heterocycles. The zero-order valence-electron chi connectivity index (χ0n) is 34.7. The van der Waals surface area contributed by atoms with Gasteiger partial charge in [-0.05, 0) is 125 Å². The lowest BCUT2D eigenvalue weighted by molar-refractivity contribution is -0.384. The highest BCUT2D eigenvalue weighted by Crippen LogP contribution is 2.39. The van der Waals surface area contributed by atoms with Gasteiger partial charge >= 0.3 is 0 Å². The Morgan fingerprint density at radius 2 is 1.16 bits per heavy atom. The van der Waals surface area contributed by atoms with Crippen LogP contribution in [0.2, 0.25) is 0 Å². The van der Waals surface area contributed by atoms with E-state index in [1.54, 1.807) is 26.0 Å². The summed E-state index contributed by atoms with van der Waals surface area (Å²) in [5, 5.41) is 35.6. The SMILES string of the molecule is COC(CNC(=O)c1ccc(NC(=O)c2ccc([N+](=O)[O-])cc2)cc1)C(=O)Nc1ccc(C(=O)Nc2ccc(C(=O)Nc3ccc(C)cc3OC(C)C)c(O)c2OC(C)C)cc1. The second kappa shape index (κ2) is 20.5. The molecule has 5 aromatic rings. The molecule has 0 fully saturated rings. The molecule has 1 unspecified atom stereocenters. The molecule has 0 aliphatic carbocycles. The third-order valence-corrected chi connectivity index (χ3v) is 8.91. The number of nitro groups is 1. The average Bonchev–Trinajstić information content (AvgIpc) is 3.23. The van der Waals surface area contributed by atoms with Gasteiger partial charge in [-0.2, -0.15) is 0 Å². The van der Waals surface area contributed by atoms with Gasteiger partial charge in [-0.25, -0.2) is 0 Å². The minimum absolute atomic E-state index is 0.0933. The lowest BCUT2D eigenvalue weighted by Gasteiger charge is -2.19. The van der Waals surface area contributed by atoms with E-state index in [1.807, 2.05) is 26.8 Å². The summed E-state index contributed by atoms with van der Waals surface area (Å²) in [5.41, 5.74) is 2.59. The van der Waals surface area contributed by atoms with Gasteiger partial charge in [-0.3, -0.25) is 34.1 Å². The maximum Gasteiger partial charge on any atom is 0.269 e. The van der Waals surface area contributed by atoms with Crippen molar-refractivity contribution in [3.63, 3.8) is 0 Å². The van der Waals surface area contributed by atoms with Crippen molar-refractivity contribution < 1.29 is 48.2 Å². The van der Waals surface area contributed by atoms with Gasteiger partial charge in [0.05, 0.1) is 40.6 Å². The maximum atomic E-state index is 13.4. The van der Waals surface area contributed by atoms with E-state index in [2.05, 4.69) is 26.6 Å². The molecule has 5 amide bonds. The van der Waals surface area contributed by atoms with Gasteiger partial charge in [-0.15, -0.1) is 0 Å². The maximum absolute atomic E-state index is 13.4. The van der Waals surface area contributed by atoms with Crippen LogP contribution in [0.5, 0.6) is 17.2 Å². The van der Waals surface area contributed by atoms with Crippen LogP contribution in [0.3, 0.4) is 0 Å². The molecule has 322 valence electrons. The zero-order chi connectivity index (χ0) is 45.1. The molecule has 0 radical (unpaired) electrons. The molecule has 0 aliphatic heterocycles. The van der Waals surface area contributed by atoms with Crippen LogP contribution >= 0.6 is 0 Å². The summed E-state index contributed by atoms with van der Waals surface area (Å²) in [6.07, 6.45) is -1.67. The Bertz CT molecular complexity index is 2450. The molecule has 0 saturated heterocycles. The van der Waals surface area contributed by atoms with Gasteiger partial charge in [0, 0.05) is 47.3 Å². The number of aromatic hydroxyl groups is 1. The topological polar surface area (TPSA) is 237 Å². The van der Waals surface area contributed by atoms with Gasteiger partial charge in [0.2, 0.25) is 0 Å². The number of anilines is 4. The molecule has 6 N–H and O–H groups in total. The van der Waals surface area contributed by atoms with Crippen molar-refractivity contribution in [1.82, 2.24) is 5.32 Å². The quantitative estimate of drug-likeness (QED) is 0.0400. The lowest BCUT2D eigenvalue weighted by Crippen LogP contribution is -2.40. The first kappa shape index (κ1) is 45.3. The summed E-state index contributed by atoms with van der Waals surface area (Å²) >= 11 is 0. The van der Waals surface area contributed by atoms with Crippen LogP contribution in [0.1, 0.15) is 74.7 Å². The van der Waals surface area contributed by atoms with Crippen molar-refractivity contribution in [2.75, 3.05) is 34.9 Å². The number of phenols is 1. The van der Waals surface area contributed by atoms with Crippen LogP contribution in [0.25, 0.3) is 0 Å². The van der Waals surface area contributed by atoms with E-state index in [0.29, 0.717) is 22.8 Å². The first-order valence-electron chi connectivity index (χ1n) is 19.3. The minimum Gasteiger partial charge on any atom is -0.504 e. The summed E-state index contributed by atoms with van der Waals surface area (Å²) in [7, 11) is 1.31. The Hall–Kier alpha value is -7.79. The van der Waals surface area contributed by atoms with E-state index >= 15 is 0 Å². The minimum atomic E-state index is -1.09. The predicted molar refractivity (Wildman–Crippen MR) is 232 cm³/mol. The number of hydrogen-bond donors (Lipinski definition) is 6. The van der Waals surface area contributed by atoms with Crippen LogP contribution in [0.15, 0.2) is 103 Å². The standard InChI is InChI=1S/C45H46N6O11/c1-25(2)61-37-23-27(5)7-21-35(37)49-44(56)34-20-22-36(40(39(34)52)62-26(3)4)50-43(55)29-10-16-32(17-11-29)48-45(57)38(60-6)24-46-41(53)28-8-14-31(15-9-28)47-42(54)30-12-18-33(19-13-30)51(58)59/h7-23,25-26,38,52H,24H2,1-6H3,(H,46,53)(H,47,54)(H,48,57)(H,49,56)(H,50,55). The van der Waals surface area contributed by atoms with E-state index in [4.69, 9.17) is 14.2 Å². The van der Waals surface area contributed by atoms with E-state index in [1.165, 1.54) is 92.0 Å². The summed E-state index contributed by atoms with van der Waals surface area (Å²) in [6.45, 7) is 8.90. The molecular formula is C45H46N6O11. The smallest absolute Gasteiger partial charge is 0.269 e. The van der Waals surface area contributed by atoms with Crippen LogP contribution in [-0.2, 0) is 9.53 Å². The van der Waals surface area contributed by atoms with Gasteiger partial charge in [0.15, 0.2) is 17.6 Å². The van der Waals surface area contributed by atoms with Crippen LogP contribution < -0.4 is 36.1 Å². The van der Waals surface area contributed by atoms with Crippen molar-refractivity contribution in [3.05, 3.63) is 141 Å². The normalized spacial score (nSPS) is 11.3. The monoisotopic (exact) mass is 846 g/mol. The number of nitro benzene ring substituents is 1. The highest BCUT2D eigenvalue weighted by molar-refractivity contribution is 6.10. The number of phenolic OH excluding ortho intramolecular Hbond substituents is 1. The molecular weight excluding hydrogens is 801 g/mol. The number of benzene rings is 5. The van der Waals surface area contributed by atoms with E-state index in [0.717, 1.165) is 5.56 Å². The molecule has 0 aliphatic rings. The second-order valence-electron chi connectivity index (χ2n) is 14.4. The van der Waals surface area contributed by atoms with Crippen LogP contribution in [0, 0.1) is 17.0 Å². The van der Waals surface area contributed by atoms with Crippen molar-refractivity contribution in [3.8, 4) is 17.2 Å². The lowest BCUT2D eigenvalue weighted by atomic mass is 10.1. The molecule has 62 heavy (non-hydrogen) atoms. The second-order valence-corrected chi connectivity index (χ2v) is 14.4. The number of rotatable bonds is 17. The third kappa shape index (κ3) is 11.9. The highest BCUT2D eigenvalue weighted by atomic mass is 16.6. The van der Waals surface area contributed by atoms with Crippen molar-refractivity contribution >= 4 is 58.0 Å². The number of aryl methyl sites for hydroxylation is 1. The van der Waals surface area contributed by atoms with Gasteiger partial charge < -0.3 is 45.9 Å².